The number of benzene rings is 2. The molecule has 2 N–H and O–H groups in total. The van der Waals surface area contributed by atoms with E-state index in [0.29, 0.717) is 17.0 Å². The van der Waals surface area contributed by atoms with Crippen molar-refractivity contribution in [1.82, 2.24) is 9.21 Å². The molecular weight excluding hydrogens is 456 g/mol. The zero-order valence-electron chi connectivity index (χ0n) is 19.1. The van der Waals surface area contributed by atoms with Crippen LogP contribution in [0.2, 0.25) is 0 Å². The van der Waals surface area contributed by atoms with Crippen LogP contribution in [0.3, 0.4) is 0 Å². The first kappa shape index (κ1) is 25.6. The van der Waals surface area contributed by atoms with Gasteiger partial charge in [0.1, 0.15) is 6.17 Å². The van der Waals surface area contributed by atoms with E-state index in [9.17, 15) is 18.0 Å². The highest BCUT2D eigenvalue weighted by atomic mass is 32.2. The number of fused-ring (bicyclic) bond motifs is 1. The number of aliphatic carboxylic acids is 2. The predicted octanol–water partition coefficient (Wildman–Crippen LogP) is 4.04. The van der Waals surface area contributed by atoms with Crippen LogP contribution in [0.5, 0.6) is 0 Å². The molecular formula is C25H30N2O6S. The van der Waals surface area contributed by atoms with Crippen molar-refractivity contribution in [3.63, 3.8) is 0 Å². The summed E-state index contributed by atoms with van der Waals surface area (Å²) >= 11 is 0. The van der Waals surface area contributed by atoms with Crippen LogP contribution in [0.1, 0.15) is 55.9 Å². The Morgan fingerprint density at radius 2 is 1.50 bits per heavy atom. The second-order valence-corrected chi connectivity index (χ2v) is 10.00. The molecule has 2 heterocycles. The number of piperidine rings is 1. The van der Waals surface area contributed by atoms with Crippen molar-refractivity contribution in [2.24, 2.45) is 0 Å². The maximum Gasteiger partial charge on any atom is 0.328 e. The molecule has 2 aromatic carbocycles. The fraction of sp³-hybridized carbons (Fsp3) is 0.360. The monoisotopic (exact) mass is 486 g/mol. The number of sulfonamides is 1. The van der Waals surface area contributed by atoms with Gasteiger partial charge in [-0.25, -0.2) is 18.0 Å². The van der Waals surface area contributed by atoms with E-state index in [1.54, 1.807) is 10.4 Å². The summed E-state index contributed by atoms with van der Waals surface area (Å²) in [5, 5.41) is 15.6. The summed E-state index contributed by atoms with van der Waals surface area (Å²) in [7, 11) is -3.51. The highest BCUT2D eigenvalue weighted by Crippen LogP contribution is 2.47. The molecule has 8 nitrogen and oxygen atoms in total. The highest BCUT2D eigenvalue weighted by Gasteiger charge is 2.48. The van der Waals surface area contributed by atoms with Crippen LogP contribution in [0.15, 0.2) is 71.6 Å². The third kappa shape index (κ3) is 5.72. The molecule has 0 spiro atoms. The van der Waals surface area contributed by atoms with Gasteiger partial charge in [0.2, 0.25) is 10.0 Å². The molecule has 9 heteroatoms. The Balaban J connectivity index is 0.000000350. The van der Waals surface area contributed by atoms with Crippen molar-refractivity contribution < 1.29 is 28.2 Å². The number of nitrogens with zero attached hydrogens (tertiary/aromatic N) is 2. The fourth-order valence-electron chi connectivity index (χ4n) is 4.55. The van der Waals surface area contributed by atoms with Crippen LogP contribution in [0.4, 0.5) is 0 Å². The molecule has 182 valence electrons. The van der Waals surface area contributed by atoms with Crippen LogP contribution in [0, 0.1) is 0 Å². The molecule has 1 fully saturated rings. The fourth-order valence-corrected chi connectivity index (χ4v) is 6.61. The Morgan fingerprint density at radius 1 is 0.941 bits per heavy atom. The van der Waals surface area contributed by atoms with E-state index < -0.39 is 22.0 Å². The van der Waals surface area contributed by atoms with Crippen molar-refractivity contribution >= 4 is 22.0 Å². The predicted molar refractivity (Wildman–Crippen MR) is 128 cm³/mol. The molecule has 34 heavy (non-hydrogen) atoms. The van der Waals surface area contributed by atoms with Gasteiger partial charge in [0.15, 0.2) is 0 Å². The van der Waals surface area contributed by atoms with Crippen LogP contribution < -0.4 is 0 Å². The van der Waals surface area contributed by atoms with Gasteiger partial charge in [0.05, 0.1) is 10.9 Å². The van der Waals surface area contributed by atoms with Crippen LogP contribution >= 0.6 is 0 Å². The summed E-state index contributed by atoms with van der Waals surface area (Å²) in [6, 6.07) is 17.4. The van der Waals surface area contributed by atoms with Gasteiger partial charge in [-0.15, -0.1) is 0 Å². The molecule has 1 saturated heterocycles. The lowest BCUT2D eigenvalue weighted by atomic mass is 10.0. The van der Waals surface area contributed by atoms with E-state index in [1.165, 1.54) is 6.42 Å². The first-order valence-electron chi connectivity index (χ1n) is 11.3. The molecule has 0 saturated carbocycles. The number of carbonyl (C=O) groups is 2. The molecule has 0 radical (unpaired) electrons. The van der Waals surface area contributed by atoms with E-state index >= 15 is 0 Å². The number of hydrogen-bond donors (Lipinski definition) is 2. The molecule has 2 unspecified atom stereocenters. The number of rotatable bonds is 6. The molecule has 0 aromatic heterocycles. The Bertz CT molecular complexity index is 1110. The van der Waals surface area contributed by atoms with Crippen molar-refractivity contribution in [3.05, 3.63) is 77.9 Å². The lowest BCUT2D eigenvalue weighted by Crippen LogP contribution is -2.44. The van der Waals surface area contributed by atoms with Crippen LogP contribution in [0.25, 0.3) is 0 Å². The largest absolute Gasteiger partial charge is 0.478 e. The van der Waals surface area contributed by atoms with Crippen molar-refractivity contribution in [2.75, 3.05) is 13.1 Å². The Hall–Kier alpha value is -3.01. The van der Waals surface area contributed by atoms with Crippen LogP contribution in [-0.2, 0) is 19.6 Å². The van der Waals surface area contributed by atoms with Gasteiger partial charge in [0.25, 0.3) is 0 Å². The second kappa shape index (κ2) is 11.4. The minimum absolute atomic E-state index is 0.152. The van der Waals surface area contributed by atoms with Gasteiger partial charge in [-0.3, -0.25) is 4.90 Å². The number of hydrogen-bond acceptors (Lipinski definition) is 5. The Labute approximate surface area is 200 Å². The molecule has 4 rings (SSSR count). The smallest absolute Gasteiger partial charge is 0.328 e. The van der Waals surface area contributed by atoms with Crippen molar-refractivity contribution in [1.29, 1.82) is 0 Å². The third-order valence-corrected chi connectivity index (χ3v) is 7.91. The SMILES string of the molecule is CCC(c1ccccc1)N1C(N2CCCCC2)c2ccccc2S1(=O)=O.O=C(O)/C=C/C(=O)O. The van der Waals surface area contributed by atoms with Gasteiger partial charge in [-0.05, 0) is 44.0 Å². The van der Waals surface area contributed by atoms with E-state index in [0.717, 1.165) is 43.5 Å². The van der Waals surface area contributed by atoms with Crippen molar-refractivity contribution in [3.8, 4) is 0 Å². The third-order valence-electron chi connectivity index (χ3n) is 5.98. The quantitative estimate of drug-likeness (QED) is 0.592. The summed E-state index contributed by atoms with van der Waals surface area (Å²) in [6.45, 7) is 3.98. The van der Waals surface area contributed by atoms with E-state index in [-0.39, 0.29) is 12.2 Å². The van der Waals surface area contributed by atoms with Gasteiger partial charge in [-0.1, -0.05) is 61.9 Å². The summed E-state index contributed by atoms with van der Waals surface area (Å²) in [5.41, 5.74) is 2.00. The summed E-state index contributed by atoms with van der Waals surface area (Å²) < 4.78 is 28.8. The zero-order valence-corrected chi connectivity index (χ0v) is 19.9. The van der Waals surface area contributed by atoms with Gasteiger partial charge in [0, 0.05) is 17.7 Å². The summed E-state index contributed by atoms with van der Waals surface area (Å²) in [4.78, 5) is 21.9. The summed E-state index contributed by atoms with van der Waals surface area (Å²) in [5.74, 6) is -2.51. The minimum Gasteiger partial charge on any atom is -0.478 e. The van der Waals surface area contributed by atoms with Gasteiger partial charge < -0.3 is 10.2 Å². The zero-order chi connectivity index (χ0) is 24.7. The lowest BCUT2D eigenvalue weighted by Gasteiger charge is -2.40. The number of likely N-dealkylation sites (tertiary alicyclic amines) is 1. The molecule has 0 aliphatic carbocycles. The molecule has 2 atom stereocenters. The topological polar surface area (TPSA) is 115 Å². The minimum atomic E-state index is -3.51. The van der Waals surface area contributed by atoms with E-state index in [1.807, 2.05) is 48.5 Å². The Morgan fingerprint density at radius 3 is 2.06 bits per heavy atom. The first-order chi connectivity index (χ1) is 16.3. The first-order valence-corrected chi connectivity index (χ1v) is 12.8. The Kier molecular flexibility index (Phi) is 8.60. The normalized spacial score (nSPS) is 20.8. The molecule has 2 aromatic rings. The average Bonchev–Trinajstić information content (AvgIpc) is 3.07. The molecule has 0 bridgehead atoms. The second-order valence-electron chi connectivity index (χ2n) is 8.19. The molecule has 2 aliphatic rings. The lowest BCUT2D eigenvalue weighted by molar-refractivity contribution is -0.134. The molecule has 0 amide bonds. The maximum atomic E-state index is 13.5. The van der Waals surface area contributed by atoms with Crippen LogP contribution in [-0.4, -0.2) is 52.9 Å². The number of carboxylic acids is 2. The summed E-state index contributed by atoms with van der Waals surface area (Å²) in [6.07, 6.45) is 5.17. The molecule has 2 aliphatic heterocycles. The maximum absolute atomic E-state index is 13.5. The van der Waals surface area contributed by atoms with Crippen molar-refractivity contribution in [2.45, 2.75) is 49.7 Å². The van der Waals surface area contributed by atoms with Gasteiger partial charge in [-0.2, -0.15) is 4.31 Å². The van der Waals surface area contributed by atoms with Gasteiger partial charge >= 0.3 is 11.9 Å². The highest BCUT2D eigenvalue weighted by molar-refractivity contribution is 7.89. The average molecular weight is 487 g/mol. The number of carboxylic acid groups (broad SMARTS) is 2. The van der Waals surface area contributed by atoms with E-state index in [2.05, 4.69) is 11.8 Å². The van der Waals surface area contributed by atoms with E-state index in [4.69, 9.17) is 10.2 Å². The standard InChI is InChI=1S/C21H26N2O2S.C4H4O4/c1-2-19(17-11-5-3-6-12-17)23-21(22-15-9-4-10-16-22)18-13-7-8-14-20(18)26(23,24)25;5-3(6)1-2-4(7)8/h3,5-8,11-14,19,21H,2,4,9-10,15-16H2,1H3;1-2H,(H,5,6)(H,7,8)/b;2-1+.